The minimum atomic E-state index is 0.251. The van der Waals surface area contributed by atoms with Crippen molar-refractivity contribution in [3.8, 4) is 11.5 Å². The van der Waals surface area contributed by atoms with E-state index in [-0.39, 0.29) is 6.04 Å². The highest BCUT2D eigenvalue weighted by atomic mass is 16.5. The maximum Gasteiger partial charge on any atom is 0.164 e. The van der Waals surface area contributed by atoms with Gasteiger partial charge in [0.25, 0.3) is 0 Å². The summed E-state index contributed by atoms with van der Waals surface area (Å²) in [6, 6.07) is 25.2. The molecule has 0 spiro atoms. The van der Waals surface area contributed by atoms with Crippen molar-refractivity contribution in [1.29, 1.82) is 0 Å². The monoisotopic (exact) mass is 386 g/mol. The van der Waals surface area contributed by atoms with Gasteiger partial charge in [-0.25, -0.2) is 4.99 Å². The van der Waals surface area contributed by atoms with Crippen LogP contribution >= 0.6 is 0 Å². The lowest BCUT2D eigenvalue weighted by molar-refractivity contribution is 0.352. The van der Waals surface area contributed by atoms with Crippen LogP contribution in [0.5, 0.6) is 11.5 Å². The third-order valence-electron chi connectivity index (χ3n) is 5.36. The van der Waals surface area contributed by atoms with Crippen LogP contribution in [0.15, 0.2) is 77.8 Å². The quantitative estimate of drug-likeness (QED) is 0.525. The second-order valence-corrected chi connectivity index (χ2v) is 7.06. The molecule has 0 N–H and O–H groups in total. The van der Waals surface area contributed by atoms with Crippen molar-refractivity contribution < 1.29 is 9.47 Å². The van der Waals surface area contributed by atoms with Gasteiger partial charge in [0.05, 0.1) is 25.9 Å². The summed E-state index contributed by atoms with van der Waals surface area (Å²) < 4.78 is 11.2. The molecule has 29 heavy (non-hydrogen) atoms. The number of benzene rings is 3. The largest absolute Gasteiger partial charge is 0.493 e. The summed E-state index contributed by atoms with van der Waals surface area (Å²) in [4.78, 5) is 7.23. The molecule has 4 heteroatoms. The molecule has 1 saturated heterocycles. The number of methoxy groups -OCH3 is 2. The van der Waals surface area contributed by atoms with E-state index in [0.29, 0.717) is 0 Å². The van der Waals surface area contributed by atoms with Gasteiger partial charge in [-0.2, -0.15) is 0 Å². The van der Waals surface area contributed by atoms with Crippen molar-refractivity contribution in [2.45, 2.75) is 25.8 Å². The number of nitrogens with zero attached hydrogens (tertiary/aromatic N) is 2. The first-order chi connectivity index (χ1) is 14.2. The summed E-state index contributed by atoms with van der Waals surface area (Å²) in [5.74, 6) is 2.61. The average molecular weight is 386 g/mol. The van der Waals surface area contributed by atoms with Crippen LogP contribution in [0, 0.1) is 0 Å². The highest BCUT2D eigenvalue weighted by Gasteiger charge is 2.37. The minimum Gasteiger partial charge on any atom is -0.493 e. The maximum atomic E-state index is 5.64. The van der Waals surface area contributed by atoms with Gasteiger partial charge in [0.15, 0.2) is 11.5 Å². The molecule has 1 atom stereocenters. The molecular formula is C25H26N2O2. The fraction of sp³-hybridized carbons (Fsp3) is 0.240. The number of hydrogen-bond donors (Lipinski definition) is 0. The molecule has 1 aliphatic heterocycles. The molecule has 1 aliphatic rings. The summed E-state index contributed by atoms with van der Waals surface area (Å²) in [6.45, 7) is 2.13. The van der Waals surface area contributed by atoms with E-state index in [4.69, 9.17) is 14.5 Å². The number of hydrogen-bond acceptors (Lipinski definition) is 3. The van der Waals surface area contributed by atoms with Gasteiger partial charge in [-0.3, -0.25) is 0 Å². The van der Waals surface area contributed by atoms with Crippen molar-refractivity contribution in [2.24, 2.45) is 4.99 Å². The number of ether oxygens (including phenoxy) is 2. The predicted octanol–water partition coefficient (Wildman–Crippen LogP) is 5.95. The molecule has 1 unspecified atom stereocenters. The van der Waals surface area contributed by atoms with E-state index >= 15 is 0 Å². The summed E-state index contributed by atoms with van der Waals surface area (Å²) in [7, 11) is 3.38. The van der Waals surface area contributed by atoms with Crippen molar-refractivity contribution in [3.05, 3.63) is 83.9 Å². The molecule has 1 fully saturated rings. The number of aliphatic imine (C=N–C) groups is 1. The lowest BCUT2D eigenvalue weighted by Gasteiger charge is -2.44. The van der Waals surface area contributed by atoms with Crippen LogP contribution in [0.3, 0.4) is 0 Å². The Morgan fingerprint density at radius 3 is 2.24 bits per heavy atom. The van der Waals surface area contributed by atoms with Crippen LogP contribution in [-0.2, 0) is 6.42 Å². The lowest BCUT2D eigenvalue weighted by atomic mass is 9.91. The highest BCUT2D eigenvalue weighted by Crippen LogP contribution is 2.44. The van der Waals surface area contributed by atoms with E-state index in [2.05, 4.69) is 48.2 Å². The van der Waals surface area contributed by atoms with Gasteiger partial charge in [-0.15, -0.1) is 0 Å². The molecule has 3 aromatic carbocycles. The van der Waals surface area contributed by atoms with Gasteiger partial charge in [0.2, 0.25) is 0 Å². The van der Waals surface area contributed by atoms with E-state index < -0.39 is 0 Å². The topological polar surface area (TPSA) is 34.1 Å². The number of aryl methyl sites for hydroxylation is 1. The third-order valence-corrected chi connectivity index (χ3v) is 5.36. The SMILES string of the molecule is CCc1cc(N2/C(=N/c3ccccc3)CC2c2ccccc2)cc(OC)c1OC. The number of amidine groups is 1. The molecule has 3 aromatic rings. The van der Waals surface area contributed by atoms with Crippen LogP contribution in [0.1, 0.15) is 30.5 Å². The van der Waals surface area contributed by atoms with E-state index in [0.717, 1.165) is 47.1 Å². The molecule has 4 rings (SSSR count). The van der Waals surface area contributed by atoms with Crippen LogP contribution in [0.25, 0.3) is 0 Å². The standard InChI is InChI=1S/C25H26N2O2/c1-4-18-15-21(16-23(28-2)25(18)29-3)27-22(19-11-7-5-8-12-19)17-24(27)26-20-13-9-6-10-14-20/h5-16,22H,4,17H2,1-3H3/b26-24+. The van der Waals surface area contributed by atoms with Gasteiger partial charge in [0.1, 0.15) is 5.84 Å². The Morgan fingerprint density at radius 2 is 1.62 bits per heavy atom. The number of anilines is 1. The zero-order chi connectivity index (χ0) is 20.2. The summed E-state index contributed by atoms with van der Waals surface area (Å²) in [6.07, 6.45) is 1.76. The minimum absolute atomic E-state index is 0.251. The molecule has 0 radical (unpaired) electrons. The Hall–Kier alpha value is -3.27. The maximum absolute atomic E-state index is 5.64. The zero-order valence-corrected chi connectivity index (χ0v) is 17.1. The average Bonchev–Trinajstić information content (AvgIpc) is 2.76. The van der Waals surface area contributed by atoms with Crippen LogP contribution < -0.4 is 14.4 Å². The molecule has 0 bridgehead atoms. The number of rotatable bonds is 6. The predicted molar refractivity (Wildman–Crippen MR) is 119 cm³/mol. The van der Waals surface area contributed by atoms with Gasteiger partial charge in [-0.1, -0.05) is 55.5 Å². The Kier molecular flexibility index (Phi) is 5.52. The van der Waals surface area contributed by atoms with Crippen molar-refractivity contribution >= 4 is 17.2 Å². The van der Waals surface area contributed by atoms with E-state index in [1.54, 1.807) is 14.2 Å². The molecule has 0 amide bonds. The number of para-hydroxylation sites is 1. The smallest absolute Gasteiger partial charge is 0.164 e. The lowest BCUT2D eigenvalue weighted by Crippen LogP contribution is -2.46. The first-order valence-corrected chi connectivity index (χ1v) is 9.96. The first kappa shape index (κ1) is 19.1. The third kappa shape index (κ3) is 3.70. The van der Waals surface area contributed by atoms with E-state index in [9.17, 15) is 0 Å². The Balaban J connectivity index is 1.80. The molecule has 1 heterocycles. The van der Waals surface area contributed by atoms with E-state index in [1.807, 2.05) is 36.4 Å². The second kappa shape index (κ2) is 8.39. The van der Waals surface area contributed by atoms with E-state index in [1.165, 1.54) is 5.56 Å². The fourth-order valence-corrected chi connectivity index (χ4v) is 3.88. The summed E-state index contributed by atoms with van der Waals surface area (Å²) >= 11 is 0. The first-order valence-electron chi connectivity index (χ1n) is 9.96. The van der Waals surface area contributed by atoms with Crippen LogP contribution in [-0.4, -0.2) is 20.1 Å². The van der Waals surface area contributed by atoms with Crippen molar-refractivity contribution in [1.82, 2.24) is 0 Å². The normalized spacial score (nSPS) is 17.1. The zero-order valence-electron chi connectivity index (χ0n) is 17.1. The van der Waals surface area contributed by atoms with Crippen molar-refractivity contribution in [3.63, 3.8) is 0 Å². The molecule has 0 aromatic heterocycles. The summed E-state index contributed by atoms with van der Waals surface area (Å²) in [5.41, 5.74) is 4.46. The molecule has 148 valence electrons. The van der Waals surface area contributed by atoms with Crippen LogP contribution in [0.4, 0.5) is 11.4 Å². The fourth-order valence-electron chi connectivity index (χ4n) is 3.88. The Labute approximate surface area is 172 Å². The second-order valence-electron chi connectivity index (χ2n) is 7.06. The molecular weight excluding hydrogens is 360 g/mol. The van der Waals surface area contributed by atoms with Gasteiger partial charge in [-0.05, 0) is 35.7 Å². The molecule has 4 nitrogen and oxygen atoms in total. The van der Waals surface area contributed by atoms with Gasteiger partial charge < -0.3 is 14.4 Å². The Morgan fingerprint density at radius 1 is 0.931 bits per heavy atom. The van der Waals surface area contributed by atoms with Crippen molar-refractivity contribution in [2.75, 3.05) is 19.1 Å². The van der Waals surface area contributed by atoms with Gasteiger partial charge >= 0.3 is 0 Å². The summed E-state index contributed by atoms with van der Waals surface area (Å²) in [5, 5.41) is 0. The highest BCUT2D eigenvalue weighted by molar-refractivity contribution is 6.06. The van der Waals surface area contributed by atoms with Gasteiger partial charge in [0, 0.05) is 18.2 Å². The molecule has 0 saturated carbocycles. The Bertz CT molecular complexity index is 975. The van der Waals surface area contributed by atoms with Crippen LogP contribution in [0.2, 0.25) is 0 Å². The molecule has 0 aliphatic carbocycles.